The monoisotopic (exact) mass is 374 g/mol. The van der Waals surface area contributed by atoms with Crippen LogP contribution in [0.2, 0.25) is 0 Å². The van der Waals surface area contributed by atoms with Crippen LogP contribution >= 0.6 is 0 Å². The molecule has 2 rings (SSSR count). The van der Waals surface area contributed by atoms with Crippen LogP contribution in [0.15, 0.2) is 30.3 Å². The maximum absolute atomic E-state index is 13.3. The van der Waals surface area contributed by atoms with Gasteiger partial charge in [-0.3, -0.25) is 4.79 Å². The van der Waals surface area contributed by atoms with E-state index in [4.69, 9.17) is 4.74 Å². The molecule has 0 radical (unpaired) electrons. The van der Waals surface area contributed by atoms with Gasteiger partial charge < -0.3 is 14.6 Å². The molecule has 2 aromatic rings. The molecular weight excluding hydrogens is 347 g/mol. The van der Waals surface area contributed by atoms with E-state index in [1.807, 2.05) is 25.3 Å². The second kappa shape index (κ2) is 9.35. The highest BCUT2D eigenvalue weighted by molar-refractivity contribution is 5.92. The fraction of sp³-hybridized carbons (Fsp3) is 0.429. The van der Waals surface area contributed by atoms with Crippen LogP contribution in [0.3, 0.4) is 0 Å². The Morgan fingerprint density at radius 3 is 2.48 bits per heavy atom. The number of benzene rings is 1. The van der Waals surface area contributed by atoms with Gasteiger partial charge in [-0.15, -0.1) is 0 Å². The smallest absolute Gasteiger partial charge is 0.339 e. The number of rotatable bonds is 8. The summed E-state index contributed by atoms with van der Waals surface area (Å²) in [6, 6.07) is 7.94. The largest absolute Gasteiger partial charge is 0.462 e. The van der Waals surface area contributed by atoms with Crippen molar-refractivity contribution in [3.63, 3.8) is 0 Å². The quantitative estimate of drug-likeness (QED) is 0.708. The Hall–Kier alpha value is -2.63. The Morgan fingerprint density at radius 1 is 1.22 bits per heavy atom. The molecule has 5 nitrogen and oxygen atoms in total. The summed E-state index contributed by atoms with van der Waals surface area (Å²) in [6.07, 6.45) is 1.15. The van der Waals surface area contributed by atoms with Crippen LogP contribution in [-0.2, 0) is 16.1 Å². The molecule has 0 spiro atoms. The Morgan fingerprint density at radius 2 is 1.89 bits per heavy atom. The maximum Gasteiger partial charge on any atom is 0.339 e. The van der Waals surface area contributed by atoms with Gasteiger partial charge in [0.15, 0.2) is 0 Å². The minimum atomic E-state index is -0.402. The molecule has 0 saturated heterocycles. The van der Waals surface area contributed by atoms with Gasteiger partial charge in [-0.2, -0.15) is 0 Å². The summed E-state index contributed by atoms with van der Waals surface area (Å²) >= 11 is 0. The second-order valence-electron chi connectivity index (χ2n) is 6.53. The van der Waals surface area contributed by atoms with Crippen molar-refractivity contribution in [2.75, 3.05) is 6.61 Å². The third-order valence-corrected chi connectivity index (χ3v) is 4.58. The third-order valence-electron chi connectivity index (χ3n) is 4.58. The first-order valence-corrected chi connectivity index (χ1v) is 9.29. The summed E-state index contributed by atoms with van der Waals surface area (Å²) in [5.41, 5.74) is 2.71. The van der Waals surface area contributed by atoms with Gasteiger partial charge in [0, 0.05) is 30.4 Å². The van der Waals surface area contributed by atoms with E-state index < -0.39 is 5.97 Å². The fourth-order valence-electron chi connectivity index (χ4n) is 2.87. The van der Waals surface area contributed by atoms with Gasteiger partial charge in [0.2, 0.25) is 5.91 Å². The Balaban J connectivity index is 2.33. The van der Waals surface area contributed by atoms with E-state index in [9.17, 15) is 14.0 Å². The zero-order valence-electron chi connectivity index (χ0n) is 16.3. The molecule has 0 fully saturated rings. The minimum absolute atomic E-state index is 0.0415. The first-order valence-electron chi connectivity index (χ1n) is 9.29. The molecule has 0 aliphatic rings. The van der Waals surface area contributed by atoms with Crippen molar-refractivity contribution in [2.24, 2.45) is 0 Å². The lowest BCUT2D eigenvalue weighted by molar-refractivity contribution is -0.121. The average molecular weight is 374 g/mol. The number of carbonyl (C=O) groups is 2. The van der Waals surface area contributed by atoms with Crippen molar-refractivity contribution in [1.82, 2.24) is 9.88 Å². The number of esters is 1. The average Bonchev–Trinajstić information content (AvgIpc) is 2.97. The highest BCUT2D eigenvalue weighted by atomic mass is 19.1. The molecule has 0 aliphatic carbocycles. The number of nitrogens with zero attached hydrogens (tertiary/aromatic N) is 1. The van der Waals surface area contributed by atoms with Crippen molar-refractivity contribution in [2.45, 2.75) is 53.1 Å². The molecule has 1 aromatic carbocycles. The molecule has 0 bridgehead atoms. The van der Waals surface area contributed by atoms with Crippen LogP contribution in [0, 0.1) is 12.7 Å². The summed E-state index contributed by atoms with van der Waals surface area (Å²) in [7, 11) is 0. The number of hydrogen-bond acceptors (Lipinski definition) is 3. The zero-order chi connectivity index (χ0) is 20.0. The van der Waals surface area contributed by atoms with E-state index in [1.54, 1.807) is 25.1 Å². The number of ether oxygens (including phenoxy) is 1. The number of halogens is 1. The predicted octanol–water partition coefficient (Wildman–Crippen LogP) is 4.08. The molecule has 0 unspecified atom stereocenters. The van der Waals surface area contributed by atoms with Crippen molar-refractivity contribution in [3.8, 4) is 11.3 Å². The van der Waals surface area contributed by atoms with Gasteiger partial charge in [0.1, 0.15) is 5.82 Å². The molecule has 1 amide bonds. The molecular formula is C21H27FN2O3. The van der Waals surface area contributed by atoms with Gasteiger partial charge in [-0.05, 0) is 63.1 Å². The molecule has 1 atom stereocenters. The van der Waals surface area contributed by atoms with E-state index >= 15 is 0 Å². The van der Waals surface area contributed by atoms with Gasteiger partial charge >= 0.3 is 5.97 Å². The SMILES string of the molecule is CCOC(=O)c1cc(-c2ccc(F)cc2)n(CCC(=O)N[C@@H](C)CC)c1C. The number of hydrogen-bond donors (Lipinski definition) is 1. The molecule has 1 heterocycles. The van der Waals surface area contributed by atoms with E-state index in [-0.39, 0.29) is 30.8 Å². The lowest BCUT2D eigenvalue weighted by atomic mass is 10.1. The summed E-state index contributed by atoms with van der Waals surface area (Å²) in [5, 5.41) is 2.94. The first-order chi connectivity index (χ1) is 12.9. The summed E-state index contributed by atoms with van der Waals surface area (Å²) in [5.74, 6) is -0.770. The molecule has 27 heavy (non-hydrogen) atoms. The molecule has 0 saturated carbocycles. The predicted molar refractivity (Wildman–Crippen MR) is 103 cm³/mol. The Bertz CT molecular complexity index is 797. The van der Waals surface area contributed by atoms with E-state index in [0.717, 1.165) is 23.4 Å². The van der Waals surface area contributed by atoms with Crippen LogP contribution in [0.4, 0.5) is 4.39 Å². The lowest BCUT2D eigenvalue weighted by Crippen LogP contribution is -2.32. The number of aromatic nitrogens is 1. The Labute approximate surface area is 159 Å². The number of carbonyl (C=O) groups excluding carboxylic acids is 2. The zero-order valence-corrected chi connectivity index (χ0v) is 16.3. The van der Waals surface area contributed by atoms with Gasteiger partial charge in [-0.25, -0.2) is 9.18 Å². The van der Waals surface area contributed by atoms with Crippen molar-refractivity contribution >= 4 is 11.9 Å². The molecule has 1 N–H and O–H groups in total. The van der Waals surface area contributed by atoms with Crippen LogP contribution in [0.25, 0.3) is 11.3 Å². The number of nitrogens with one attached hydrogen (secondary N) is 1. The van der Waals surface area contributed by atoms with Crippen molar-refractivity contribution in [3.05, 3.63) is 47.4 Å². The standard InChI is InChI=1S/C21H27FN2O3/c1-5-14(3)23-20(25)11-12-24-15(4)18(21(26)27-6-2)13-19(24)16-7-9-17(22)10-8-16/h7-10,13-14H,5-6,11-12H2,1-4H3,(H,23,25)/t14-/m0/s1. The van der Waals surface area contributed by atoms with Crippen molar-refractivity contribution in [1.29, 1.82) is 0 Å². The van der Waals surface area contributed by atoms with Crippen molar-refractivity contribution < 1.29 is 18.7 Å². The molecule has 6 heteroatoms. The summed E-state index contributed by atoms with van der Waals surface area (Å²) < 4.78 is 20.3. The van der Waals surface area contributed by atoms with E-state index in [0.29, 0.717) is 12.1 Å². The highest BCUT2D eigenvalue weighted by Gasteiger charge is 2.20. The van der Waals surface area contributed by atoms with Crippen LogP contribution in [0.1, 0.15) is 49.7 Å². The first kappa shape index (κ1) is 20.7. The highest BCUT2D eigenvalue weighted by Crippen LogP contribution is 2.27. The summed E-state index contributed by atoms with van der Waals surface area (Å²) in [4.78, 5) is 24.4. The van der Waals surface area contributed by atoms with E-state index in [2.05, 4.69) is 5.32 Å². The fourth-order valence-corrected chi connectivity index (χ4v) is 2.87. The topological polar surface area (TPSA) is 60.3 Å². The second-order valence-corrected chi connectivity index (χ2v) is 6.53. The van der Waals surface area contributed by atoms with Crippen LogP contribution < -0.4 is 5.32 Å². The van der Waals surface area contributed by atoms with E-state index in [1.165, 1.54) is 12.1 Å². The maximum atomic E-state index is 13.3. The molecule has 146 valence electrons. The number of amides is 1. The molecule has 1 aromatic heterocycles. The normalized spacial score (nSPS) is 11.9. The Kier molecular flexibility index (Phi) is 7.16. The van der Waals surface area contributed by atoms with Gasteiger partial charge in [0.05, 0.1) is 12.2 Å². The third kappa shape index (κ3) is 5.18. The minimum Gasteiger partial charge on any atom is -0.462 e. The summed E-state index contributed by atoms with van der Waals surface area (Å²) in [6.45, 7) is 8.25. The van der Waals surface area contributed by atoms with Crippen LogP contribution in [-0.4, -0.2) is 29.1 Å². The molecule has 0 aliphatic heterocycles. The van der Waals surface area contributed by atoms with Gasteiger partial charge in [-0.1, -0.05) is 6.92 Å². The van der Waals surface area contributed by atoms with Crippen LogP contribution in [0.5, 0.6) is 0 Å². The van der Waals surface area contributed by atoms with Gasteiger partial charge in [0.25, 0.3) is 0 Å². The lowest BCUT2D eigenvalue weighted by Gasteiger charge is -2.14.